The van der Waals surface area contributed by atoms with Crippen LogP contribution in [0.15, 0.2) is 60.7 Å². The average molecular weight is 351 g/mol. The summed E-state index contributed by atoms with van der Waals surface area (Å²) < 4.78 is 0. The summed E-state index contributed by atoms with van der Waals surface area (Å²) in [6, 6.07) is 20.8. The van der Waals surface area contributed by atoms with E-state index in [0.29, 0.717) is 19.1 Å². The second kappa shape index (κ2) is 9.97. The molecule has 2 N–H and O–H groups in total. The summed E-state index contributed by atoms with van der Waals surface area (Å²) in [5, 5.41) is 6.03. The van der Waals surface area contributed by atoms with Crippen molar-refractivity contribution in [3.63, 3.8) is 0 Å². The molecule has 1 aliphatic heterocycles. The lowest BCUT2D eigenvalue weighted by Crippen LogP contribution is -2.49. The zero-order chi connectivity index (χ0) is 18.0. The highest BCUT2D eigenvalue weighted by molar-refractivity contribution is 5.73. The maximum Gasteiger partial charge on any atom is 0.315 e. The number of carbonyl (C=O) groups excluding carboxylic acids is 1. The molecule has 2 aromatic rings. The van der Waals surface area contributed by atoms with Crippen molar-refractivity contribution in [2.45, 2.75) is 38.3 Å². The largest absolute Gasteiger partial charge is 0.337 e. The molecule has 0 bridgehead atoms. The first-order valence-corrected chi connectivity index (χ1v) is 9.65. The van der Waals surface area contributed by atoms with Crippen molar-refractivity contribution in [2.75, 3.05) is 19.6 Å². The van der Waals surface area contributed by atoms with E-state index >= 15 is 0 Å². The molecule has 0 aliphatic carbocycles. The summed E-state index contributed by atoms with van der Waals surface area (Å²) in [6.45, 7) is 3.49. The molecule has 1 saturated heterocycles. The molecule has 4 nitrogen and oxygen atoms in total. The van der Waals surface area contributed by atoms with Gasteiger partial charge in [-0.3, -0.25) is 4.90 Å². The quantitative estimate of drug-likeness (QED) is 0.801. The summed E-state index contributed by atoms with van der Waals surface area (Å²) in [5.41, 5.74) is 2.44. The number of rotatable bonds is 7. The molecular weight excluding hydrogens is 322 g/mol. The van der Waals surface area contributed by atoms with Crippen LogP contribution in [-0.2, 0) is 13.0 Å². The van der Waals surface area contributed by atoms with Crippen LogP contribution in [-0.4, -0.2) is 36.6 Å². The fraction of sp³-hybridized carbons (Fsp3) is 0.409. The molecule has 1 fully saturated rings. The maximum absolute atomic E-state index is 12.2. The van der Waals surface area contributed by atoms with Crippen molar-refractivity contribution in [3.05, 3.63) is 71.8 Å². The molecule has 0 saturated carbocycles. The summed E-state index contributed by atoms with van der Waals surface area (Å²) in [6.07, 6.45) is 4.80. The minimum atomic E-state index is -0.0936. The number of hydrogen-bond acceptors (Lipinski definition) is 2. The first kappa shape index (κ1) is 18.5. The molecule has 2 amide bonds. The molecule has 2 aromatic carbocycles. The molecule has 26 heavy (non-hydrogen) atoms. The van der Waals surface area contributed by atoms with Gasteiger partial charge in [-0.05, 0) is 43.5 Å². The van der Waals surface area contributed by atoms with Crippen molar-refractivity contribution in [1.82, 2.24) is 15.5 Å². The van der Waals surface area contributed by atoms with E-state index in [2.05, 4.69) is 45.9 Å². The molecule has 0 spiro atoms. The van der Waals surface area contributed by atoms with Crippen molar-refractivity contribution in [3.8, 4) is 0 Å². The highest BCUT2D eigenvalue weighted by Crippen LogP contribution is 2.15. The van der Waals surface area contributed by atoms with E-state index in [4.69, 9.17) is 0 Å². The third kappa shape index (κ3) is 5.88. The lowest BCUT2D eigenvalue weighted by Gasteiger charge is -2.35. The fourth-order valence-corrected chi connectivity index (χ4v) is 3.55. The smallest absolute Gasteiger partial charge is 0.315 e. The number of nitrogens with one attached hydrogen (secondary N) is 2. The standard InChI is InChI=1S/C22H29N3O/c26-22(23-17-20-12-6-2-7-13-20)24-18-21(25-14-8-3-9-15-25)16-19-10-4-1-5-11-19/h1-2,4-7,10-13,21H,3,8-9,14-18H2,(H2,23,24,26). The Labute approximate surface area is 156 Å². The van der Waals surface area contributed by atoms with E-state index in [0.717, 1.165) is 25.1 Å². The fourth-order valence-electron chi connectivity index (χ4n) is 3.55. The highest BCUT2D eigenvalue weighted by Gasteiger charge is 2.21. The molecule has 3 rings (SSSR count). The van der Waals surface area contributed by atoms with Gasteiger partial charge in [0.1, 0.15) is 0 Å². The Hall–Kier alpha value is -2.33. The second-order valence-corrected chi connectivity index (χ2v) is 6.99. The van der Waals surface area contributed by atoms with Crippen LogP contribution in [0.2, 0.25) is 0 Å². The molecule has 0 radical (unpaired) electrons. The van der Waals surface area contributed by atoms with Crippen LogP contribution in [0.1, 0.15) is 30.4 Å². The van der Waals surface area contributed by atoms with Crippen molar-refractivity contribution < 1.29 is 4.79 Å². The zero-order valence-corrected chi connectivity index (χ0v) is 15.4. The van der Waals surface area contributed by atoms with Crippen LogP contribution in [0.25, 0.3) is 0 Å². The molecule has 0 aromatic heterocycles. The number of benzene rings is 2. The summed E-state index contributed by atoms with van der Waals surface area (Å²) in [5.74, 6) is 0. The molecular formula is C22H29N3O. The van der Waals surface area contributed by atoms with Gasteiger partial charge < -0.3 is 10.6 Å². The maximum atomic E-state index is 12.2. The molecule has 1 unspecified atom stereocenters. The Balaban J connectivity index is 1.52. The van der Waals surface area contributed by atoms with Crippen molar-refractivity contribution >= 4 is 6.03 Å². The minimum Gasteiger partial charge on any atom is -0.337 e. The van der Waals surface area contributed by atoms with Crippen LogP contribution in [0.4, 0.5) is 4.79 Å². The SMILES string of the molecule is O=C(NCc1ccccc1)NCC(Cc1ccccc1)N1CCCCC1. The number of amides is 2. The predicted molar refractivity (Wildman–Crippen MR) is 106 cm³/mol. The van der Waals surface area contributed by atoms with Crippen LogP contribution in [0.5, 0.6) is 0 Å². The number of urea groups is 1. The van der Waals surface area contributed by atoms with E-state index < -0.39 is 0 Å². The molecule has 1 aliphatic rings. The van der Waals surface area contributed by atoms with Gasteiger partial charge in [0.2, 0.25) is 0 Å². The number of likely N-dealkylation sites (tertiary alicyclic amines) is 1. The summed E-state index contributed by atoms with van der Waals surface area (Å²) >= 11 is 0. The van der Waals surface area contributed by atoms with Crippen LogP contribution >= 0.6 is 0 Å². The minimum absolute atomic E-state index is 0.0936. The topological polar surface area (TPSA) is 44.4 Å². The van der Waals surface area contributed by atoms with Gasteiger partial charge in [-0.2, -0.15) is 0 Å². The highest BCUT2D eigenvalue weighted by atomic mass is 16.2. The van der Waals surface area contributed by atoms with Crippen LogP contribution in [0.3, 0.4) is 0 Å². The lowest BCUT2D eigenvalue weighted by atomic mass is 10.0. The number of carbonyl (C=O) groups is 1. The van der Waals surface area contributed by atoms with E-state index in [1.807, 2.05) is 30.3 Å². The van der Waals surface area contributed by atoms with E-state index in [1.165, 1.54) is 24.8 Å². The first-order chi connectivity index (χ1) is 12.8. The predicted octanol–water partition coefficient (Wildman–Crippen LogP) is 3.58. The van der Waals surface area contributed by atoms with Crippen LogP contribution in [0, 0.1) is 0 Å². The molecule has 138 valence electrons. The van der Waals surface area contributed by atoms with Gasteiger partial charge in [0.15, 0.2) is 0 Å². The lowest BCUT2D eigenvalue weighted by molar-refractivity contribution is 0.158. The third-order valence-electron chi connectivity index (χ3n) is 5.02. The Morgan fingerprint density at radius 2 is 1.46 bits per heavy atom. The second-order valence-electron chi connectivity index (χ2n) is 6.99. The van der Waals surface area contributed by atoms with E-state index in [1.54, 1.807) is 0 Å². The normalized spacial score (nSPS) is 16.0. The Morgan fingerprint density at radius 1 is 0.846 bits per heavy atom. The number of piperidine rings is 1. The summed E-state index contributed by atoms with van der Waals surface area (Å²) in [4.78, 5) is 14.8. The van der Waals surface area contributed by atoms with Gasteiger partial charge in [0, 0.05) is 19.1 Å². The number of hydrogen-bond donors (Lipinski definition) is 2. The van der Waals surface area contributed by atoms with Gasteiger partial charge in [0.05, 0.1) is 0 Å². The first-order valence-electron chi connectivity index (χ1n) is 9.65. The van der Waals surface area contributed by atoms with Crippen molar-refractivity contribution in [2.24, 2.45) is 0 Å². The molecule has 1 atom stereocenters. The van der Waals surface area contributed by atoms with E-state index in [-0.39, 0.29) is 6.03 Å². The van der Waals surface area contributed by atoms with E-state index in [9.17, 15) is 4.79 Å². The van der Waals surface area contributed by atoms with Gasteiger partial charge in [-0.15, -0.1) is 0 Å². The monoisotopic (exact) mass is 351 g/mol. The average Bonchev–Trinajstić information content (AvgIpc) is 2.72. The summed E-state index contributed by atoms with van der Waals surface area (Å²) in [7, 11) is 0. The Kier molecular flexibility index (Phi) is 7.08. The van der Waals surface area contributed by atoms with Gasteiger partial charge in [0.25, 0.3) is 0 Å². The number of nitrogens with zero attached hydrogens (tertiary/aromatic N) is 1. The Morgan fingerprint density at radius 3 is 2.12 bits per heavy atom. The van der Waals surface area contributed by atoms with Crippen molar-refractivity contribution in [1.29, 1.82) is 0 Å². The van der Waals surface area contributed by atoms with Gasteiger partial charge in [-0.1, -0.05) is 67.1 Å². The molecule has 1 heterocycles. The molecule has 4 heteroatoms. The van der Waals surface area contributed by atoms with Gasteiger partial charge >= 0.3 is 6.03 Å². The van der Waals surface area contributed by atoms with Crippen LogP contribution < -0.4 is 10.6 Å². The third-order valence-corrected chi connectivity index (χ3v) is 5.02. The van der Waals surface area contributed by atoms with Gasteiger partial charge in [-0.25, -0.2) is 4.79 Å². The zero-order valence-electron chi connectivity index (χ0n) is 15.4. The Bertz CT molecular complexity index is 654.